The molecular formula is C30H44N2O8. The summed E-state index contributed by atoms with van der Waals surface area (Å²) in [7, 11) is 4.76. The molecule has 0 unspecified atom stereocenters. The number of anilines is 1. The highest BCUT2D eigenvalue weighted by Crippen LogP contribution is 2.49. The third kappa shape index (κ3) is 6.85. The molecule has 0 spiro atoms. The predicted octanol–water partition coefficient (Wildman–Crippen LogP) is 6.54. The summed E-state index contributed by atoms with van der Waals surface area (Å²) in [5, 5.41) is 10.9. The zero-order valence-corrected chi connectivity index (χ0v) is 24.8. The largest absolute Gasteiger partial charge is 0.493 e. The summed E-state index contributed by atoms with van der Waals surface area (Å²) in [6.45, 7) is 9.05. The van der Waals surface area contributed by atoms with Crippen molar-refractivity contribution in [2.24, 2.45) is 0 Å². The van der Waals surface area contributed by atoms with Crippen LogP contribution in [0.4, 0.5) is 10.5 Å². The van der Waals surface area contributed by atoms with E-state index in [1.54, 1.807) is 28.3 Å². The van der Waals surface area contributed by atoms with Gasteiger partial charge in [0.2, 0.25) is 5.75 Å². The molecule has 1 N–H and O–H groups in total. The van der Waals surface area contributed by atoms with Crippen LogP contribution in [-0.4, -0.2) is 63.9 Å². The number of carbonyl (C=O) groups excluding carboxylic acids is 1. The molecule has 1 fully saturated rings. The molecule has 2 aromatic rings. The Morgan fingerprint density at radius 3 is 1.85 bits per heavy atom. The minimum atomic E-state index is -0.535. The maximum Gasteiger partial charge on any atom is 0.348 e. The predicted molar refractivity (Wildman–Crippen MR) is 152 cm³/mol. The lowest BCUT2D eigenvalue weighted by Crippen LogP contribution is -2.41. The third-order valence-electron chi connectivity index (χ3n) is 6.78. The summed E-state index contributed by atoms with van der Waals surface area (Å²) < 4.78 is 35.4. The number of carbonyl (C=O) groups is 1. The highest BCUT2D eigenvalue weighted by Gasteiger charge is 2.32. The second-order valence-corrected chi connectivity index (χ2v) is 9.46. The van der Waals surface area contributed by atoms with Gasteiger partial charge < -0.3 is 28.4 Å². The lowest BCUT2D eigenvalue weighted by Gasteiger charge is -2.29. The Balaban J connectivity index is 2.04. The minimum absolute atomic E-state index is 0.154. The maximum absolute atomic E-state index is 13.1. The summed E-state index contributed by atoms with van der Waals surface area (Å²) in [6.07, 6.45) is 2.68. The highest BCUT2D eigenvalue weighted by atomic mass is 16.5. The Hall–Kier alpha value is -3.37. The molecule has 2 amide bonds. The molecule has 0 aromatic heterocycles. The van der Waals surface area contributed by atoms with Crippen molar-refractivity contribution in [3.05, 3.63) is 35.4 Å². The van der Waals surface area contributed by atoms with Gasteiger partial charge in [0, 0.05) is 13.1 Å². The van der Waals surface area contributed by atoms with Gasteiger partial charge in [-0.25, -0.2) is 9.86 Å². The van der Waals surface area contributed by atoms with Crippen molar-refractivity contribution in [1.29, 1.82) is 0 Å². The van der Waals surface area contributed by atoms with E-state index in [0.29, 0.717) is 59.3 Å². The normalized spacial score (nSPS) is 16.4. The summed E-state index contributed by atoms with van der Waals surface area (Å²) in [5.74, 6) is 2.70. The topological polar surface area (TPSA) is 99.2 Å². The van der Waals surface area contributed by atoms with E-state index < -0.39 is 6.03 Å². The Kier molecular flexibility index (Phi) is 11.6. The van der Waals surface area contributed by atoms with Crippen molar-refractivity contribution in [2.75, 3.05) is 52.5 Å². The summed E-state index contributed by atoms with van der Waals surface area (Å²) >= 11 is 0. The number of methoxy groups -OCH3 is 3. The molecule has 0 radical (unpaired) electrons. The van der Waals surface area contributed by atoms with Gasteiger partial charge in [-0.3, -0.25) is 10.1 Å². The zero-order chi connectivity index (χ0) is 29.2. The van der Waals surface area contributed by atoms with Gasteiger partial charge in [-0.2, -0.15) is 0 Å². The number of urea groups is 1. The second-order valence-electron chi connectivity index (χ2n) is 9.46. The first-order chi connectivity index (χ1) is 19.4. The zero-order valence-electron chi connectivity index (χ0n) is 24.8. The quantitative estimate of drug-likeness (QED) is 0.205. The fourth-order valence-corrected chi connectivity index (χ4v) is 4.76. The fourth-order valence-electron chi connectivity index (χ4n) is 4.76. The molecule has 222 valence electrons. The van der Waals surface area contributed by atoms with E-state index in [1.807, 2.05) is 45.0 Å². The summed E-state index contributed by atoms with van der Waals surface area (Å²) in [4.78, 5) is 14.6. The molecule has 1 saturated heterocycles. The smallest absolute Gasteiger partial charge is 0.348 e. The van der Waals surface area contributed by atoms with Gasteiger partial charge >= 0.3 is 6.03 Å². The lowest BCUT2D eigenvalue weighted by atomic mass is 10.0. The van der Waals surface area contributed by atoms with Crippen LogP contribution < -0.4 is 28.6 Å². The molecule has 1 aliphatic heterocycles. The SMILES string of the molecule is CCCOc1cc([C@H]2CC[C@H](c3cc(OC)c(OC)c(OC)c3)O2)cc(N(CC)C(=O)N(O)CC)c1OCCC. The van der Waals surface area contributed by atoms with Crippen molar-refractivity contribution in [1.82, 2.24) is 5.06 Å². The first kappa shape index (κ1) is 31.2. The molecule has 2 atom stereocenters. The van der Waals surface area contributed by atoms with E-state index >= 15 is 0 Å². The average Bonchev–Trinajstić information content (AvgIpc) is 3.48. The van der Waals surface area contributed by atoms with Crippen LogP contribution in [0.1, 0.15) is 76.7 Å². The number of rotatable bonds is 14. The molecule has 40 heavy (non-hydrogen) atoms. The van der Waals surface area contributed by atoms with Crippen molar-refractivity contribution < 1.29 is 38.4 Å². The van der Waals surface area contributed by atoms with Crippen molar-refractivity contribution in [3.63, 3.8) is 0 Å². The standard InChI is InChI=1S/C30H44N2O8/c1-8-14-38-27-19-20(16-22(28(27)39-15-9-2)31(10-3)30(33)32(34)11-4)23-12-13-24(40-23)21-17-25(35-5)29(37-7)26(18-21)36-6/h16-19,23-24,34H,8-15H2,1-7H3/t23-,24-/m1/s1. The Morgan fingerprint density at radius 2 is 1.35 bits per heavy atom. The molecule has 0 saturated carbocycles. The Labute approximate surface area is 237 Å². The third-order valence-corrected chi connectivity index (χ3v) is 6.78. The number of ether oxygens (including phenoxy) is 6. The van der Waals surface area contributed by atoms with Gasteiger partial charge in [0.15, 0.2) is 23.0 Å². The number of hydrogen-bond acceptors (Lipinski definition) is 8. The highest BCUT2D eigenvalue weighted by molar-refractivity contribution is 5.93. The first-order valence-electron chi connectivity index (χ1n) is 14.0. The molecule has 10 heteroatoms. The van der Waals surface area contributed by atoms with Crippen LogP contribution in [0.25, 0.3) is 0 Å². The van der Waals surface area contributed by atoms with E-state index in [0.717, 1.165) is 36.8 Å². The van der Waals surface area contributed by atoms with Gasteiger partial charge in [0.1, 0.15) is 0 Å². The van der Waals surface area contributed by atoms with Gasteiger partial charge in [-0.15, -0.1) is 0 Å². The van der Waals surface area contributed by atoms with Gasteiger partial charge in [-0.05, 0) is 74.9 Å². The van der Waals surface area contributed by atoms with Crippen LogP contribution in [0, 0.1) is 0 Å². The minimum Gasteiger partial charge on any atom is -0.493 e. The maximum atomic E-state index is 13.1. The van der Waals surface area contributed by atoms with Gasteiger partial charge in [-0.1, -0.05) is 13.8 Å². The van der Waals surface area contributed by atoms with E-state index in [9.17, 15) is 10.0 Å². The monoisotopic (exact) mass is 560 g/mol. The number of hydroxylamine groups is 2. The second kappa shape index (κ2) is 14.9. The first-order valence-corrected chi connectivity index (χ1v) is 14.0. The van der Waals surface area contributed by atoms with Crippen LogP contribution >= 0.6 is 0 Å². The van der Waals surface area contributed by atoms with E-state index in [1.165, 1.54) is 4.90 Å². The molecule has 0 aliphatic carbocycles. The average molecular weight is 561 g/mol. The lowest BCUT2D eigenvalue weighted by molar-refractivity contribution is -0.0353. The van der Waals surface area contributed by atoms with Crippen LogP contribution in [0.5, 0.6) is 28.7 Å². The van der Waals surface area contributed by atoms with Crippen molar-refractivity contribution in [3.8, 4) is 28.7 Å². The summed E-state index contributed by atoms with van der Waals surface area (Å²) in [5.41, 5.74) is 2.33. The van der Waals surface area contributed by atoms with Gasteiger partial charge in [0.05, 0.1) is 52.4 Å². The molecule has 1 heterocycles. The number of benzene rings is 2. The molecule has 0 bridgehead atoms. The van der Waals surface area contributed by atoms with Crippen LogP contribution in [0.15, 0.2) is 24.3 Å². The van der Waals surface area contributed by atoms with Crippen LogP contribution in [-0.2, 0) is 4.74 Å². The fraction of sp³-hybridized carbons (Fsp3) is 0.567. The molecule has 1 aliphatic rings. The van der Waals surface area contributed by atoms with E-state index in [2.05, 4.69) is 0 Å². The Morgan fingerprint density at radius 1 is 0.800 bits per heavy atom. The summed E-state index contributed by atoms with van der Waals surface area (Å²) in [6, 6.07) is 7.15. The molecule has 10 nitrogen and oxygen atoms in total. The van der Waals surface area contributed by atoms with Crippen molar-refractivity contribution in [2.45, 2.75) is 65.6 Å². The van der Waals surface area contributed by atoms with Gasteiger partial charge in [0.25, 0.3) is 0 Å². The molecule has 2 aromatic carbocycles. The number of amides is 2. The molecular weight excluding hydrogens is 516 g/mol. The van der Waals surface area contributed by atoms with E-state index in [4.69, 9.17) is 28.4 Å². The van der Waals surface area contributed by atoms with Crippen molar-refractivity contribution >= 4 is 11.7 Å². The van der Waals surface area contributed by atoms with Crippen LogP contribution in [0.3, 0.4) is 0 Å². The Bertz CT molecular complexity index is 1100. The van der Waals surface area contributed by atoms with Crippen LogP contribution in [0.2, 0.25) is 0 Å². The number of hydrogen-bond donors (Lipinski definition) is 1. The molecule has 3 rings (SSSR count). The number of nitrogens with zero attached hydrogens (tertiary/aromatic N) is 2. The van der Waals surface area contributed by atoms with E-state index in [-0.39, 0.29) is 18.8 Å².